The van der Waals surface area contributed by atoms with Crippen LogP contribution in [0.15, 0.2) is 24.4 Å². The molecular weight excluding hydrogens is 252 g/mol. The molecule has 2 aromatic rings. The van der Waals surface area contributed by atoms with Crippen molar-refractivity contribution >= 4 is 0 Å². The minimum atomic E-state index is -0.910. The van der Waals surface area contributed by atoms with E-state index in [2.05, 4.69) is 15.7 Å². The first-order chi connectivity index (χ1) is 9.17. The van der Waals surface area contributed by atoms with Crippen molar-refractivity contribution in [3.63, 3.8) is 0 Å². The maximum atomic E-state index is 13.3. The Morgan fingerprint density at radius 1 is 1.37 bits per heavy atom. The van der Waals surface area contributed by atoms with Gasteiger partial charge in [0.1, 0.15) is 0 Å². The number of nitrogens with one attached hydrogen (secondary N) is 1. The highest BCUT2D eigenvalue weighted by atomic mass is 19.2. The summed E-state index contributed by atoms with van der Waals surface area (Å²) < 4.78 is 27.9. The third-order valence-electron chi connectivity index (χ3n) is 2.82. The molecule has 0 amide bonds. The number of nitrogens with two attached hydrogens (primary N) is 1. The molecule has 0 aliphatic rings. The molecule has 1 aromatic heterocycles. The summed E-state index contributed by atoms with van der Waals surface area (Å²) in [6.45, 7) is 2.69. The fraction of sp³-hybridized carbons (Fsp3) is 0.333. The van der Waals surface area contributed by atoms with Crippen LogP contribution in [0.25, 0.3) is 0 Å². The Balaban J connectivity index is 2.38. The Morgan fingerprint density at radius 2 is 2.16 bits per heavy atom. The third-order valence-corrected chi connectivity index (χ3v) is 2.82. The van der Waals surface area contributed by atoms with E-state index in [9.17, 15) is 8.78 Å². The maximum Gasteiger partial charge on any atom is 0.159 e. The van der Waals surface area contributed by atoms with Gasteiger partial charge in [0.05, 0.1) is 17.9 Å². The van der Waals surface area contributed by atoms with Crippen molar-refractivity contribution in [1.29, 1.82) is 0 Å². The second-order valence-corrected chi connectivity index (χ2v) is 4.16. The van der Waals surface area contributed by atoms with Gasteiger partial charge in [0, 0.05) is 6.54 Å². The Bertz CT molecular complexity index is 555. The Morgan fingerprint density at radius 3 is 2.79 bits per heavy atom. The van der Waals surface area contributed by atoms with Crippen LogP contribution in [0.2, 0.25) is 0 Å². The molecule has 0 saturated carbocycles. The lowest BCUT2D eigenvalue weighted by molar-refractivity contribution is 0.493. The molecule has 0 saturated heterocycles. The minimum Gasteiger partial charge on any atom is -0.271 e. The number of nitrogens with zero attached hydrogens (tertiary/aromatic N) is 3. The fourth-order valence-electron chi connectivity index (χ4n) is 1.92. The highest BCUT2D eigenvalue weighted by Crippen LogP contribution is 2.22. The van der Waals surface area contributed by atoms with Gasteiger partial charge in [-0.15, -0.1) is 5.10 Å². The van der Waals surface area contributed by atoms with Crippen LogP contribution in [0, 0.1) is 11.6 Å². The predicted molar refractivity (Wildman–Crippen MR) is 65.8 cm³/mol. The molecule has 102 valence electrons. The summed E-state index contributed by atoms with van der Waals surface area (Å²) in [6.07, 6.45) is 2.44. The predicted octanol–water partition coefficient (Wildman–Crippen LogP) is 1.52. The Hall–Kier alpha value is -1.86. The van der Waals surface area contributed by atoms with Crippen LogP contribution >= 0.6 is 0 Å². The SMILES string of the molecule is CCCn1nncc1C(NN)c1ccc(F)c(F)c1. The van der Waals surface area contributed by atoms with Gasteiger partial charge in [0.15, 0.2) is 11.6 Å². The van der Waals surface area contributed by atoms with Crippen molar-refractivity contribution in [3.8, 4) is 0 Å². The quantitative estimate of drug-likeness (QED) is 0.636. The average Bonchev–Trinajstić information content (AvgIpc) is 2.83. The van der Waals surface area contributed by atoms with Gasteiger partial charge >= 0.3 is 0 Å². The molecule has 5 nitrogen and oxygen atoms in total. The smallest absolute Gasteiger partial charge is 0.159 e. The Kier molecular flexibility index (Phi) is 4.18. The summed E-state index contributed by atoms with van der Waals surface area (Å²) in [5.41, 5.74) is 3.80. The van der Waals surface area contributed by atoms with Crippen molar-refractivity contribution in [2.45, 2.75) is 25.9 Å². The molecule has 0 spiro atoms. The van der Waals surface area contributed by atoms with E-state index in [-0.39, 0.29) is 0 Å². The number of rotatable bonds is 5. The number of hydrazine groups is 1. The highest BCUT2D eigenvalue weighted by Gasteiger charge is 2.19. The van der Waals surface area contributed by atoms with Crippen LogP contribution < -0.4 is 11.3 Å². The van der Waals surface area contributed by atoms with Gasteiger partial charge in [-0.05, 0) is 24.1 Å². The lowest BCUT2D eigenvalue weighted by Gasteiger charge is -2.17. The van der Waals surface area contributed by atoms with Gasteiger partial charge in [-0.25, -0.2) is 18.9 Å². The van der Waals surface area contributed by atoms with Gasteiger partial charge in [-0.3, -0.25) is 5.84 Å². The van der Waals surface area contributed by atoms with Crippen molar-refractivity contribution in [3.05, 3.63) is 47.3 Å². The summed E-state index contributed by atoms with van der Waals surface area (Å²) in [7, 11) is 0. The molecule has 0 bridgehead atoms. The van der Waals surface area contributed by atoms with Crippen LogP contribution in [-0.2, 0) is 6.54 Å². The second-order valence-electron chi connectivity index (χ2n) is 4.16. The molecule has 1 aromatic carbocycles. The molecule has 0 radical (unpaired) electrons. The van der Waals surface area contributed by atoms with Gasteiger partial charge in [0.2, 0.25) is 0 Å². The van der Waals surface area contributed by atoms with Crippen LogP contribution in [0.4, 0.5) is 8.78 Å². The van der Waals surface area contributed by atoms with E-state index in [0.717, 1.165) is 18.6 Å². The topological polar surface area (TPSA) is 68.8 Å². The van der Waals surface area contributed by atoms with Gasteiger partial charge < -0.3 is 0 Å². The molecule has 7 heteroatoms. The van der Waals surface area contributed by atoms with Gasteiger partial charge in [-0.1, -0.05) is 18.2 Å². The molecule has 1 unspecified atom stereocenters. The van der Waals surface area contributed by atoms with Crippen molar-refractivity contribution in [1.82, 2.24) is 20.4 Å². The minimum absolute atomic E-state index is 0.489. The number of hydrogen-bond acceptors (Lipinski definition) is 4. The normalized spacial score (nSPS) is 12.6. The van der Waals surface area contributed by atoms with E-state index in [1.165, 1.54) is 6.07 Å². The van der Waals surface area contributed by atoms with Crippen LogP contribution in [-0.4, -0.2) is 15.0 Å². The summed E-state index contributed by atoms with van der Waals surface area (Å²) in [5, 5.41) is 7.77. The van der Waals surface area contributed by atoms with E-state index in [4.69, 9.17) is 5.84 Å². The summed E-state index contributed by atoms with van der Waals surface area (Å²) in [5.74, 6) is 3.71. The van der Waals surface area contributed by atoms with Crippen LogP contribution in [0.3, 0.4) is 0 Å². The first-order valence-corrected chi connectivity index (χ1v) is 5.96. The zero-order chi connectivity index (χ0) is 13.8. The van der Waals surface area contributed by atoms with E-state index >= 15 is 0 Å². The standard InChI is InChI=1S/C12H15F2N5/c1-2-5-19-11(7-16-18-19)12(17-15)8-3-4-9(13)10(14)6-8/h3-4,6-7,12,17H,2,5,15H2,1H3. The van der Waals surface area contributed by atoms with Gasteiger partial charge in [-0.2, -0.15) is 0 Å². The maximum absolute atomic E-state index is 13.3. The lowest BCUT2D eigenvalue weighted by Crippen LogP contribution is -2.31. The molecule has 2 rings (SSSR count). The van der Waals surface area contributed by atoms with E-state index in [1.807, 2.05) is 6.92 Å². The monoisotopic (exact) mass is 267 g/mol. The number of benzene rings is 1. The van der Waals surface area contributed by atoms with E-state index in [0.29, 0.717) is 17.8 Å². The molecule has 19 heavy (non-hydrogen) atoms. The van der Waals surface area contributed by atoms with Crippen molar-refractivity contribution < 1.29 is 8.78 Å². The first kappa shape index (κ1) is 13.6. The average molecular weight is 267 g/mol. The summed E-state index contributed by atoms with van der Waals surface area (Å²) in [6, 6.07) is 3.18. The number of halogens is 2. The van der Waals surface area contributed by atoms with E-state index in [1.54, 1.807) is 10.9 Å². The molecular formula is C12H15F2N5. The molecule has 1 atom stereocenters. The first-order valence-electron chi connectivity index (χ1n) is 5.96. The third kappa shape index (κ3) is 2.77. The Labute approximate surface area is 109 Å². The highest BCUT2D eigenvalue weighted by molar-refractivity contribution is 5.27. The number of aryl methyl sites for hydroxylation is 1. The molecule has 0 fully saturated rings. The largest absolute Gasteiger partial charge is 0.271 e. The second kappa shape index (κ2) is 5.85. The number of aromatic nitrogens is 3. The van der Waals surface area contributed by atoms with Crippen molar-refractivity contribution in [2.75, 3.05) is 0 Å². The van der Waals surface area contributed by atoms with Crippen LogP contribution in [0.1, 0.15) is 30.6 Å². The molecule has 1 heterocycles. The fourth-order valence-corrected chi connectivity index (χ4v) is 1.92. The van der Waals surface area contributed by atoms with Gasteiger partial charge in [0.25, 0.3) is 0 Å². The zero-order valence-electron chi connectivity index (χ0n) is 10.5. The lowest BCUT2D eigenvalue weighted by atomic mass is 10.0. The molecule has 3 N–H and O–H groups in total. The molecule has 0 aliphatic heterocycles. The van der Waals surface area contributed by atoms with Crippen molar-refractivity contribution in [2.24, 2.45) is 5.84 Å². The zero-order valence-corrected chi connectivity index (χ0v) is 10.5. The summed E-state index contributed by atoms with van der Waals surface area (Å²) in [4.78, 5) is 0. The molecule has 0 aliphatic carbocycles. The van der Waals surface area contributed by atoms with E-state index < -0.39 is 17.7 Å². The number of hydrogen-bond donors (Lipinski definition) is 2. The van der Waals surface area contributed by atoms with Crippen LogP contribution in [0.5, 0.6) is 0 Å². The summed E-state index contributed by atoms with van der Waals surface area (Å²) >= 11 is 0.